The van der Waals surface area contributed by atoms with Gasteiger partial charge in [-0.1, -0.05) is 133 Å². The maximum absolute atomic E-state index is 9.55. The van der Waals surface area contributed by atoms with Crippen molar-refractivity contribution >= 4 is 53.3 Å². The van der Waals surface area contributed by atoms with Crippen LogP contribution in [0, 0.1) is 0 Å². The number of hydrogen-bond donors (Lipinski definition) is 0. The SMILES string of the molecule is [2H]c1c([2H])c([2H])c(-c2nc(-c3ccccc3)nc(-c3cc(-c4c([2H])c([2H])c5c(sc6c([2H])c([2H])c([2H])c([2H])c65)c4[2H])ccc3-n3c4c([2H])c([2H])c([2H])c([2H])c4c4c([2H])c([2H])c([2H])c([2H])c43)n2)c([2H])c1[2H]. The van der Waals surface area contributed by atoms with Crippen molar-refractivity contribution in [2.45, 2.75) is 0 Å². The molecule has 0 aliphatic carbocycles. The van der Waals surface area contributed by atoms with Crippen LogP contribution in [-0.2, 0) is 0 Å². The molecule has 0 saturated heterocycles. The zero-order chi connectivity index (χ0) is 50.4. The topological polar surface area (TPSA) is 43.6 Å². The summed E-state index contributed by atoms with van der Waals surface area (Å²) in [6.45, 7) is 0. The number of benzene rings is 7. The minimum Gasteiger partial charge on any atom is -0.309 e. The Labute approximate surface area is 320 Å². The van der Waals surface area contributed by atoms with Crippen LogP contribution in [-0.4, -0.2) is 19.5 Å². The molecule has 0 fully saturated rings. The Morgan fingerprint density at radius 2 is 1.08 bits per heavy atom. The standard InChI is InChI=1S/C45H28N4S/c1-3-13-29(14-4-1)43-46-44(30-15-5-2-6-16-30)48-45(47-43)37-27-31(32-23-25-36-35-19-9-12-22-41(35)50-42(36)28-32)24-26-40(37)49-38-20-10-7-17-33(38)34-18-8-11-21-39(34)49/h1-28H/i1D,3D,4D,7D,8D,9D,10D,11D,12D,13D,14D,17D,18D,19D,20D,21D,22D,23D,25D,28D. The number of fused-ring (bicyclic) bond motifs is 6. The van der Waals surface area contributed by atoms with Gasteiger partial charge in [0.05, 0.1) is 44.1 Å². The Hall–Kier alpha value is -6.43. The van der Waals surface area contributed by atoms with Gasteiger partial charge in [0, 0.05) is 47.6 Å². The fourth-order valence-electron chi connectivity index (χ4n) is 5.86. The van der Waals surface area contributed by atoms with Crippen LogP contribution in [0.2, 0.25) is 0 Å². The molecule has 10 aromatic rings. The second-order valence-corrected chi connectivity index (χ2v) is 12.0. The number of hydrogen-bond acceptors (Lipinski definition) is 4. The maximum Gasteiger partial charge on any atom is 0.166 e. The normalized spacial score (nSPS) is 17.2. The quantitative estimate of drug-likeness (QED) is 0.182. The molecule has 10 rings (SSSR count). The minimum atomic E-state index is -0.705. The fourth-order valence-corrected chi connectivity index (χ4v) is 6.82. The van der Waals surface area contributed by atoms with Gasteiger partial charge in [0.1, 0.15) is 0 Å². The monoisotopic (exact) mass is 676 g/mol. The first-order valence-electron chi connectivity index (χ1n) is 25.1. The lowest BCUT2D eigenvalue weighted by Crippen LogP contribution is -2.04. The lowest BCUT2D eigenvalue weighted by molar-refractivity contribution is 1.06. The molecule has 50 heavy (non-hydrogen) atoms. The Bertz CT molecular complexity index is 3920. The number of aromatic nitrogens is 4. The third-order valence-electron chi connectivity index (χ3n) is 8.08. The van der Waals surface area contributed by atoms with Crippen LogP contribution < -0.4 is 0 Å². The number of rotatable bonds is 5. The molecule has 0 aliphatic rings. The summed E-state index contributed by atoms with van der Waals surface area (Å²) in [6.07, 6.45) is 0. The molecule has 7 aromatic carbocycles. The lowest BCUT2D eigenvalue weighted by atomic mass is 9.99. The molecule has 0 bridgehead atoms. The highest BCUT2D eigenvalue weighted by Gasteiger charge is 2.20. The Kier molecular flexibility index (Phi) is 3.48. The summed E-state index contributed by atoms with van der Waals surface area (Å²) in [7, 11) is 0. The van der Waals surface area contributed by atoms with Crippen molar-refractivity contribution in [3.8, 4) is 51.0 Å². The fraction of sp³-hybridized carbons (Fsp3) is 0. The molecule has 0 radical (unpaired) electrons. The molecule has 0 saturated carbocycles. The van der Waals surface area contributed by atoms with E-state index in [-0.39, 0.29) is 82.0 Å². The molecule has 3 heterocycles. The second kappa shape index (κ2) is 11.6. The molecule has 4 nitrogen and oxygen atoms in total. The molecule has 234 valence electrons. The van der Waals surface area contributed by atoms with Crippen molar-refractivity contribution in [3.05, 3.63) is 169 Å². The van der Waals surface area contributed by atoms with Crippen LogP contribution >= 0.6 is 11.3 Å². The molecule has 0 unspecified atom stereocenters. The van der Waals surface area contributed by atoms with E-state index in [0.717, 1.165) is 11.3 Å². The van der Waals surface area contributed by atoms with Crippen molar-refractivity contribution in [2.24, 2.45) is 0 Å². The summed E-state index contributed by atoms with van der Waals surface area (Å²) < 4.78 is 177. The third kappa shape index (κ3) is 4.71. The first kappa shape index (κ1) is 15.0. The van der Waals surface area contributed by atoms with Crippen LogP contribution in [0.4, 0.5) is 0 Å². The first-order chi connectivity index (χ1) is 33.1. The highest BCUT2D eigenvalue weighted by Crippen LogP contribution is 2.40. The molecule has 0 amide bonds. The Balaban J connectivity index is 1.40. The minimum absolute atomic E-state index is 0.0279. The largest absolute Gasteiger partial charge is 0.309 e. The lowest BCUT2D eigenvalue weighted by Gasteiger charge is -2.16. The number of nitrogens with zero attached hydrogens (tertiary/aromatic N) is 4. The van der Waals surface area contributed by atoms with Gasteiger partial charge in [-0.15, -0.1) is 11.3 Å². The van der Waals surface area contributed by atoms with E-state index in [1.165, 1.54) is 22.8 Å². The molecule has 0 atom stereocenters. The van der Waals surface area contributed by atoms with E-state index in [1.807, 2.05) is 0 Å². The Morgan fingerprint density at radius 1 is 0.460 bits per heavy atom. The molecule has 0 N–H and O–H groups in total. The summed E-state index contributed by atoms with van der Waals surface area (Å²) in [5.41, 5.74) is -0.965. The summed E-state index contributed by atoms with van der Waals surface area (Å²) >= 11 is 0.843. The van der Waals surface area contributed by atoms with Crippen LogP contribution in [0.15, 0.2) is 169 Å². The van der Waals surface area contributed by atoms with Gasteiger partial charge in [-0.25, -0.2) is 15.0 Å². The smallest absolute Gasteiger partial charge is 0.166 e. The van der Waals surface area contributed by atoms with E-state index in [4.69, 9.17) is 30.5 Å². The summed E-state index contributed by atoms with van der Waals surface area (Å²) in [5, 5.41) is -0.577. The zero-order valence-electron chi connectivity index (χ0n) is 45.3. The van der Waals surface area contributed by atoms with Gasteiger partial charge in [-0.2, -0.15) is 0 Å². The molecular weight excluding hydrogens is 629 g/mol. The molecule has 5 heteroatoms. The van der Waals surface area contributed by atoms with Crippen molar-refractivity contribution in [1.29, 1.82) is 0 Å². The second-order valence-electron chi connectivity index (χ2n) is 10.9. The van der Waals surface area contributed by atoms with Crippen molar-refractivity contribution in [3.63, 3.8) is 0 Å². The Morgan fingerprint density at radius 3 is 1.84 bits per heavy atom. The maximum atomic E-state index is 9.55. The van der Waals surface area contributed by atoms with E-state index in [1.54, 1.807) is 30.3 Å². The van der Waals surface area contributed by atoms with E-state index >= 15 is 0 Å². The van der Waals surface area contributed by atoms with Gasteiger partial charge in [-0.3, -0.25) is 0 Å². The third-order valence-corrected chi connectivity index (χ3v) is 9.10. The van der Waals surface area contributed by atoms with Crippen LogP contribution in [0.3, 0.4) is 0 Å². The van der Waals surface area contributed by atoms with Crippen molar-refractivity contribution < 1.29 is 27.4 Å². The van der Waals surface area contributed by atoms with E-state index in [2.05, 4.69) is 4.98 Å². The zero-order valence-corrected chi connectivity index (χ0v) is 26.1. The predicted molar refractivity (Wildman–Crippen MR) is 209 cm³/mol. The van der Waals surface area contributed by atoms with Gasteiger partial charge in [0.25, 0.3) is 0 Å². The first-order valence-corrected chi connectivity index (χ1v) is 15.9. The summed E-state index contributed by atoms with van der Waals surface area (Å²) in [5.74, 6) is -0.817. The predicted octanol–water partition coefficient (Wildman–Crippen LogP) is 12.0. The van der Waals surface area contributed by atoms with Gasteiger partial charge in [0.2, 0.25) is 0 Å². The van der Waals surface area contributed by atoms with Crippen LogP contribution in [0.1, 0.15) is 27.4 Å². The molecular formula is C45H28N4S. The van der Waals surface area contributed by atoms with Gasteiger partial charge < -0.3 is 4.57 Å². The average Bonchev–Trinajstić information content (AvgIpc) is 3.94. The highest BCUT2D eigenvalue weighted by atomic mass is 32.1. The summed E-state index contributed by atoms with van der Waals surface area (Å²) in [6, 6.07) is 0.544. The van der Waals surface area contributed by atoms with E-state index in [9.17, 15) is 6.85 Å². The molecule has 3 aromatic heterocycles. The number of para-hydroxylation sites is 2. The van der Waals surface area contributed by atoms with Gasteiger partial charge >= 0.3 is 0 Å². The van der Waals surface area contributed by atoms with E-state index < -0.39 is 126 Å². The van der Waals surface area contributed by atoms with Gasteiger partial charge in [0.15, 0.2) is 17.5 Å². The average molecular weight is 677 g/mol. The van der Waals surface area contributed by atoms with Gasteiger partial charge in [-0.05, 0) is 47.4 Å². The molecule has 0 aliphatic heterocycles. The highest BCUT2D eigenvalue weighted by molar-refractivity contribution is 7.25. The van der Waals surface area contributed by atoms with Crippen LogP contribution in [0.5, 0.6) is 0 Å². The van der Waals surface area contributed by atoms with Crippen molar-refractivity contribution in [2.75, 3.05) is 0 Å². The number of thiophene rings is 1. The van der Waals surface area contributed by atoms with Crippen LogP contribution in [0.25, 0.3) is 93.0 Å². The molecule has 0 spiro atoms. The van der Waals surface area contributed by atoms with Crippen molar-refractivity contribution in [1.82, 2.24) is 19.5 Å². The van der Waals surface area contributed by atoms with E-state index in [0.29, 0.717) is 5.56 Å². The summed E-state index contributed by atoms with van der Waals surface area (Å²) in [4.78, 5) is 14.1.